The van der Waals surface area contributed by atoms with Crippen molar-refractivity contribution in [2.75, 3.05) is 20.3 Å². The summed E-state index contributed by atoms with van der Waals surface area (Å²) in [5, 5.41) is 0.424. The molecule has 2 aromatic carbocycles. The molecule has 0 unspecified atom stereocenters. The summed E-state index contributed by atoms with van der Waals surface area (Å²) in [5.41, 5.74) is 0.466. The minimum absolute atomic E-state index is 0.0296. The van der Waals surface area contributed by atoms with Crippen molar-refractivity contribution in [1.29, 1.82) is 0 Å². The third-order valence-electron chi connectivity index (χ3n) is 3.59. The van der Waals surface area contributed by atoms with Gasteiger partial charge in [0.25, 0.3) is 0 Å². The Morgan fingerprint density at radius 3 is 2.64 bits per heavy atom. The summed E-state index contributed by atoms with van der Waals surface area (Å²) in [6.07, 6.45) is 1.27. The largest absolute Gasteiger partial charge is 0.493 e. The van der Waals surface area contributed by atoms with E-state index in [4.69, 9.17) is 14.2 Å². The number of hydrogen-bond acceptors (Lipinski definition) is 6. The summed E-state index contributed by atoms with van der Waals surface area (Å²) in [6, 6.07) is 7.72. The highest BCUT2D eigenvalue weighted by Crippen LogP contribution is 2.37. The molecule has 0 saturated carbocycles. The standard InChI is InChI=1S/C18H14BrF3N2O4/c1-25-14-8-12-10(7-15(14)26-5-6-27-18(21)22)17(24-9-23-12)28-13-4-2-3-11(19)16(13)20/h2-4,7-9,18H,5-6H2,1H3. The van der Waals surface area contributed by atoms with Crippen molar-refractivity contribution < 1.29 is 32.1 Å². The number of hydrogen-bond donors (Lipinski definition) is 0. The van der Waals surface area contributed by atoms with Crippen LogP contribution in [0, 0.1) is 5.82 Å². The molecule has 0 radical (unpaired) electrons. The number of fused-ring (bicyclic) bond motifs is 1. The highest BCUT2D eigenvalue weighted by Gasteiger charge is 2.15. The lowest BCUT2D eigenvalue weighted by molar-refractivity contribution is -0.133. The minimum atomic E-state index is -2.88. The van der Waals surface area contributed by atoms with Crippen LogP contribution >= 0.6 is 15.9 Å². The average Bonchev–Trinajstić information content (AvgIpc) is 2.68. The van der Waals surface area contributed by atoms with Crippen molar-refractivity contribution >= 4 is 26.8 Å². The highest BCUT2D eigenvalue weighted by atomic mass is 79.9. The van der Waals surface area contributed by atoms with Gasteiger partial charge in [-0.2, -0.15) is 8.78 Å². The van der Waals surface area contributed by atoms with Gasteiger partial charge in [-0.1, -0.05) is 6.07 Å². The molecule has 0 fully saturated rings. The molecule has 3 aromatic rings. The summed E-state index contributed by atoms with van der Waals surface area (Å²) in [5.74, 6) is 0.0739. The minimum Gasteiger partial charge on any atom is -0.493 e. The van der Waals surface area contributed by atoms with E-state index in [2.05, 4.69) is 30.6 Å². The molecule has 1 aromatic heterocycles. The van der Waals surface area contributed by atoms with Gasteiger partial charge >= 0.3 is 6.61 Å². The summed E-state index contributed by atoms with van der Waals surface area (Å²) in [7, 11) is 1.43. The molecule has 0 N–H and O–H groups in total. The number of ether oxygens (including phenoxy) is 4. The third-order valence-corrected chi connectivity index (χ3v) is 4.20. The van der Waals surface area contributed by atoms with Gasteiger partial charge in [-0.3, -0.25) is 0 Å². The van der Waals surface area contributed by atoms with Crippen LogP contribution in [-0.2, 0) is 4.74 Å². The molecule has 6 nitrogen and oxygen atoms in total. The van der Waals surface area contributed by atoms with Gasteiger partial charge in [0.05, 0.1) is 29.1 Å². The lowest BCUT2D eigenvalue weighted by Crippen LogP contribution is -2.10. The second-order valence-electron chi connectivity index (χ2n) is 5.33. The first-order valence-electron chi connectivity index (χ1n) is 7.96. The van der Waals surface area contributed by atoms with Gasteiger partial charge in [0.1, 0.15) is 12.9 Å². The SMILES string of the molecule is COc1cc2ncnc(Oc3cccc(Br)c3F)c2cc1OCCOC(F)F. The molecule has 0 bridgehead atoms. The number of nitrogens with zero attached hydrogens (tertiary/aromatic N) is 2. The fraction of sp³-hybridized carbons (Fsp3) is 0.222. The van der Waals surface area contributed by atoms with Crippen LogP contribution in [0.5, 0.6) is 23.1 Å². The van der Waals surface area contributed by atoms with E-state index >= 15 is 0 Å². The number of halogens is 4. The summed E-state index contributed by atoms with van der Waals surface area (Å²) in [4.78, 5) is 8.19. The predicted octanol–water partition coefficient (Wildman–Crippen LogP) is 4.95. The highest BCUT2D eigenvalue weighted by molar-refractivity contribution is 9.10. The van der Waals surface area contributed by atoms with Crippen molar-refractivity contribution in [3.8, 4) is 23.1 Å². The van der Waals surface area contributed by atoms with Gasteiger partial charge in [0.15, 0.2) is 23.1 Å². The molecule has 0 aliphatic carbocycles. The van der Waals surface area contributed by atoms with Gasteiger partial charge in [0, 0.05) is 6.07 Å². The van der Waals surface area contributed by atoms with E-state index in [-0.39, 0.29) is 35.1 Å². The molecule has 0 amide bonds. The van der Waals surface area contributed by atoms with Crippen molar-refractivity contribution in [2.24, 2.45) is 0 Å². The molecular formula is C18H14BrF3N2O4. The number of alkyl halides is 2. The first-order chi connectivity index (χ1) is 13.5. The summed E-state index contributed by atoms with van der Waals surface area (Å²) in [6.45, 7) is -3.32. The maximum absolute atomic E-state index is 14.2. The molecule has 0 atom stereocenters. The van der Waals surface area contributed by atoms with Crippen LogP contribution in [0.3, 0.4) is 0 Å². The maximum atomic E-state index is 14.2. The van der Waals surface area contributed by atoms with Crippen LogP contribution in [-0.4, -0.2) is 36.9 Å². The van der Waals surface area contributed by atoms with Crippen LogP contribution in [0.2, 0.25) is 0 Å². The maximum Gasteiger partial charge on any atom is 0.345 e. The topological polar surface area (TPSA) is 62.7 Å². The van der Waals surface area contributed by atoms with Crippen LogP contribution in [0.4, 0.5) is 13.2 Å². The van der Waals surface area contributed by atoms with E-state index < -0.39 is 12.4 Å². The zero-order valence-electron chi connectivity index (χ0n) is 14.5. The van der Waals surface area contributed by atoms with Crippen molar-refractivity contribution in [3.63, 3.8) is 0 Å². The molecule has 148 valence electrons. The molecule has 0 saturated heterocycles. The van der Waals surface area contributed by atoms with Gasteiger partial charge in [-0.15, -0.1) is 0 Å². The van der Waals surface area contributed by atoms with E-state index in [0.717, 1.165) is 0 Å². The van der Waals surface area contributed by atoms with E-state index in [1.165, 1.54) is 25.6 Å². The Balaban J connectivity index is 1.93. The Morgan fingerprint density at radius 2 is 1.89 bits per heavy atom. The molecule has 1 heterocycles. The fourth-order valence-corrected chi connectivity index (χ4v) is 2.70. The smallest absolute Gasteiger partial charge is 0.345 e. The first kappa shape index (κ1) is 20.2. The second kappa shape index (κ2) is 9.07. The lowest BCUT2D eigenvalue weighted by Gasteiger charge is -2.13. The Labute approximate surface area is 166 Å². The number of aromatic nitrogens is 2. The van der Waals surface area contributed by atoms with Gasteiger partial charge in [0.2, 0.25) is 5.88 Å². The zero-order chi connectivity index (χ0) is 20.1. The molecular weight excluding hydrogens is 445 g/mol. The quantitative estimate of drug-likeness (QED) is 0.445. The van der Waals surface area contributed by atoms with E-state index in [0.29, 0.717) is 16.7 Å². The summed E-state index contributed by atoms with van der Waals surface area (Å²) >= 11 is 3.10. The van der Waals surface area contributed by atoms with Crippen LogP contribution in [0.15, 0.2) is 41.1 Å². The second-order valence-corrected chi connectivity index (χ2v) is 6.19. The number of rotatable bonds is 8. The molecule has 0 spiro atoms. The van der Waals surface area contributed by atoms with Gasteiger partial charge < -0.3 is 18.9 Å². The van der Waals surface area contributed by atoms with Crippen molar-refractivity contribution in [1.82, 2.24) is 9.97 Å². The first-order valence-corrected chi connectivity index (χ1v) is 8.76. The predicted molar refractivity (Wildman–Crippen MR) is 97.7 cm³/mol. The summed E-state index contributed by atoms with van der Waals surface area (Å²) < 4.78 is 59.1. The molecule has 3 rings (SSSR count). The normalized spacial score (nSPS) is 11.1. The Hall–Kier alpha value is -2.59. The third kappa shape index (κ3) is 4.63. The van der Waals surface area contributed by atoms with Crippen LogP contribution < -0.4 is 14.2 Å². The monoisotopic (exact) mass is 458 g/mol. The van der Waals surface area contributed by atoms with Gasteiger partial charge in [-0.25, -0.2) is 14.4 Å². The molecule has 0 aliphatic heterocycles. The van der Waals surface area contributed by atoms with Crippen molar-refractivity contribution in [2.45, 2.75) is 6.61 Å². The van der Waals surface area contributed by atoms with Gasteiger partial charge in [-0.05, 0) is 34.1 Å². The lowest BCUT2D eigenvalue weighted by atomic mass is 10.2. The van der Waals surface area contributed by atoms with E-state index in [1.54, 1.807) is 18.2 Å². The Bertz CT molecular complexity index is 975. The zero-order valence-corrected chi connectivity index (χ0v) is 16.1. The molecule has 10 heteroatoms. The number of methoxy groups -OCH3 is 1. The Morgan fingerprint density at radius 1 is 1.07 bits per heavy atom. The number of benzene rings is 2. The van der Waals surface area contributed by atoms with Crippen LogP contribution in [0.1, 0.15) is 0 Å². The van der Waals surface area contributed by atoms with E-state index in [1.807, 2.05) is 0 Å². The molecule has 0 aliphatic rings. The van der Waals surface area contributed by atoms with E-state index in [9.17, 15) is 13.2 Å². The average molecular weight is 459 g/mol. The Kier molecular flexibility index (Phi) is 6.53. The van der Waals surface area contributed by atoms with Crippen molar-refractivity contribution in [3.05, 3.63) is 46.9 Å². The molecule has 28 heavy (non-hydrogen) atoms. The fourth-order valence-electron chi connectivity index (χ4n) is 2.35. The van der Waals surface area contributed by atoms with Crippen LogP contribution in [0.25, 0.3) is 10.9 Å².